The highest BCUT2D eigenvalue weighted by atomic mass is 15.3. The number of rotatable bonds is 4. The van der Waals surface area contributed by atoms with Gasteiger partial charge in [-0.15, -0.1) is 0 Å². The molecule has 1 aromatic heterocycles. The Kier molecular flexibility index (Phi) is 5.20. The summed E-state index contributed by atoms with van der Waals surface area (Å²) in [6.07, 6.45) is 2.30. The molecule has 0 unspecified atom stereocenters. The van der Waals surface area contributed by atoms with Gasteiger partial charge in [-0.1, -0.05) is 49.4 Å². The van der Waals surface area contributed by atoms with Gasteiger partial charge >= 0.3 is 0 Å². The number of piperidine rings is 1. The van der Waals surface area contributed by atoms with Crippen molar-refractivity contribution in [2.24, 2.45) is 5.92 Å². The number of aromatic nitrogens is 2. The van der Waals surface area contributed by atoms with Gasteiger partial charge in [0.15, 0.2) is 0 Å². The summed E-state index contributed by atoms with van der Waals surface area (Å²) in [6, 6.07) is 21.8. The predicted molar refractivity (Wildman–Crippen MR) is 113 cm³/mol. The van der Waals surface area contributed by atoms with Crippen LogP contribution in [0.3, 0.4) is 0 Å². The minimum atomic E-state index is 0.593. The Morgan fingerprint density at radius 3 is 2.46 bits per heavy atom. The molecule has 0 saturated carbocycles. The monoisotopic (exact) mass is 369 g/mol. The molecule has 1 aliphatic heterocycles. The van der Waals surface area contributed by atoms with Crippen LogP contribution in [0.4, 0.5) is 17.5 Å². The Balaban J connectivity index is 1.73. The number of hydrogen-bond donors (Lipinski definition) is 1. The zero-order valence-corrected chi connectivity index (χ0v) is 16.0. The Labute approximate surface area is 165 Å². The van der Waals surface area contributed by atoms with E-state index in [1.807, 2.05) is 42.5 Å². The van der Waals surface area contributed by atoms with Gasteiger partial charge in [0.1, 0.15) is 11.9 Å². The van der Waals surface area contributed by atoms with Crippen molar-refractivity contribution < 1.29 is 0 Å². The lowest BCUT2D eigenvalue weighted by Gasteiger charge is -2.30. The average molecular weight is 369 g/mol. The molecule has 0 aliphatic carbocycles. The van der Waals surface area contributed by atoms with E-state index in [-0.39, 0.29) is 0 Å². The first kappa shape index (κ1) is 18.0. The molecule has 0 amide bonds. The summed E-state index contributed by atoms with van der Waals surface area (Å²) in [6.45, 7) is 4.23. The third-order valence-electron chi connectivity index (χ3n) is 5.16. The van der Waals surface area contributed by atoms with Crippen molar-refractivity contribution in [2.45, 2.75) is 19.8 Å². The lowest BCUT2D eigenvalue weighted by molar-refractivity contribution is 0.434. The van der Waals surface area contributed by atoms with Crippen LogP contribution < -0.4 is 10.2 Å². The quantitative estimate of drug-likeness (QED) is 0.701. The Morgan fingerprint density at radius 2 is 1.71 bits per heavy atom. The molecule has 140 valence electrons. The van der Waals surface area contributed by atoms with Crippen molar-refractivity contribution in [3.05, 3.63) is 66.2 Å². The van der Waals surface area contributed by atoms with Crippen molar-refractivity contribution in [1.82, 2.24) is 9.97 Å². The number of anilines is 3. The average Bonchev–Trinajstić information content (AvgIpc) is 2.75. The zero-order chi connectivity index (χ0) is 19.3. The standard InChI is InChI=1S/C23H23N5/c1-17-11-13-28(14-12-17)23-26-21(18-7-3-2-4-8-18)15-22(27-23)25-20-10-6-5-9-19(20)16-24/h2-10,15,17H,11-14H2,1H3,(H,25,26,27). The van der Waals surface area contributed by atoms with Crippen LogP contribution in [-0.2, 0) is 0 Å². The van der Waals surface area contributed by atoms with Crippen LogP contribution >= 0.6 is 0 Å². The molecule has 1 N–H and O–H groups in total. The molecule has 0 radical (unpaired) electrons. The van der Waals surface area contributed by atoms with Crippen LogP contribution in [-0.4, -0.2) is 23.1 Å². The van der Waals surface area contributed by atoms with E-state index in [1.54, 1.807) is 6.07 Å². The molecular weight excluding hydrogens is 346 g/mol. The second-order valence-corrected chi connectivity index (χ2v) is 7.26. The molecule has 2 aromatic carbocycles. The van der Waals surface area contributed by atoms with Gasteiger partial charge in [-0.3, -0.25) is 0 Å². The summed E-state index contributed by atoms with van der Waals surface area (Å²) in [5.41, 5.74) is 3.27. The van der Waals surface area contributed by atoms with Crippen molar-refractivity contribution in [2.75, 3.05) is 23.3 Å². The van der Waals surface area contributed by atoms with Gasteiger partial charge in [0.05, 0.1) is 16.9 Å². The van der Waals surface area contributed by atoms with Crippen LogP contribution in [0.1, 0.15) is 25.3 Å². The molecule has 0 atom stereocenters. The molecule has 1 fully saturated rings. The van der Waals surface area contributed by atoms with E-state index in [4.69, 9.17) is 9.97 Å². The second kappa shape index (κ2) is 8.10. The van der Waals surface area contributed by atoms with Gasteiger partial charge in [-0.2, -0.15) is 10.2 Å². The van der Waals surface area contributed by atoms with Gasteiger partial charge in [0, 0.05) is 24.7 Å². The number of nitrogens with zero attached hydrogens (tertiary/aromatic N) is 4. The first-order chi connectivity index (χ1) is 13.7. The normalized spacial score (nSPS) is 14.5. The number of para-hydroxylation sites is 1. The fourth-order valence-electron chi connectivity index (χ4n) is 3.43. The lowest BCUT2D eigenvalue weighted by atomic mass is 10.00. The molecule has 1 aliphatic rings. The van der Waals surface area contributed by atoms with E-state index >= 15 is 0 Å². The van der Waals surface area contributed by atoms with E-state index in [0.717, 1.165) is 54.7 Å². The topological polar surface area (TPSA) is 64.8 Å². The van der Waals surface area contributed by atoms with E-state index in [2.05, 4.69) is 35.3 Å². The molecule has 4 rings (SSSR count). The van der Waals surface area contributed by atoms with Crippen molar-refractivity contribution in [3.8, 4) is 17.3 Å². The third kappa shape index (κ3) is 3.96. The third-order valence-corrected chi connectivity index (χ3v) is 5.16. The SMILES string of the molecule is CC1CCN(c2nc(Nc3ccccc3C#N)cc(-c3ccccc3)n2)CC1. The molecule has 5 heteroatoms. The molecule has 0 spiro atoms. The van der Waals surface area contributed by atoms with Crippen molar-refractivity contribution >= 4 is 17.5 Å². The minimum absolute atomic E-state index is 0.593. The first-order valence-electron chi connectivity index (χ1n) is 9.68. The highest BCUT2D eigenvalue weighted by Gasteiger charge is 2.19. The zero-order valence-electron chi connectivity index (χ0n) is 16.0. The van der Waals surface area contributed by atoms with Gasteiger partial charge in [0.25, 0.3) is 0 Å². The Morgan fingerprint density at radius 1 is 1.00 bits per heavy atom. The summed E-state index contributed by atoms with van der Waals surface area (Å²) < 4.78 is 0. The lowest BCUT2D eigenvalue weighted by Crippen LogP contribution is -2.34. The number of nitrogens with one attached hydrogen (secondary N) is 1. The van der Waals surface area contributed by atoms with E-state index in [1.165, 1.54) is 0 Å². The second-order valence-electron chi connectivity index (χ2n) is 7.26. The molecule has 2 heterocycles. The van der Waals surface area contributed by atoms with Crippen molar-refractivity contribution in [1.29, 1.82) is 5.26 Å². The summed E-state index contributed by atoms with van der Waals surface area (Å²) in [4.78, 5) is 11.9. The van der Waals surface area contributed by atoms with Crippen LogP contribution in [0.15, 0.2) is 60.7 Å². The number of hydrogen-bond acceptors (Lipinski definition) is 5. The fourth-order valence-corrected chi connectivity index (χ4v) is 3.43. The molecule has 28 heavy (non-hydrogen) atoms. The largest absolute Gasteiger partial charge is 0.341 e. The maximum Gasteiger partial charge on any atom is 0.227 e. The number of nitriles is 1. The number of benzene rings is 2. The van der Waals surface area contributed by atoms with Crippen LogP contribution in [0.2, 0.25) is 0 Å². The van der Waals surface area contributed by atoms with Gasteiger partial charge < -0.3 is 10.2 Å². The molecule has 1 saturated heterocycles. The maximum absolute atomic E-state index is 9.38. The molecular formula is C23H23N5. The van der Waals surface area contributed by atoms with Gasteiger partial charge in [-0.25, -0.2) is 4.98 Å². The van der Waals surface area contributed by atoms with Crippen LogP contribution in [0, 0.1) is 17.2 Å². The van der Waals surface area contributed by atoms with Crippen LogP contribution in [0.5, 0.6) is 0 Å². The minimum Gasteiger partial charge on any atom is -0.341 e. The highest BCUT2D eigenvalue weighted by molar-refractivity contribution is 5.70. The van der Waals surface area contributed by atoms with Gasteiger partial charge in [0.2, 0.25) is 5.95 Å². The van der Waals surface area contributed by atoms with Crippen LogP contribution in [0.25, 0.3) is 11.3 Å². The first-order valence-corrected chi connectivity index (χ1v) is 9.68. The van der Waals surface area contributed by atoms with E-state index in [0.29, 0.717) is 11.4 Å². The molecule has 5 nitrogen and oxygen atoms in total. The fraction of sp³-hybridized carbons (Fsp3) is 0.261. The Bertz CT molecular complexity index is 985. The highest BCUT2D eigenvalue weighted by Crippen LogP contribution is 2.28. The summed E-state index contributed by atoms with van der Waals surface area (Å²) in [5, 5.41) is 12.7. The summed E-state index contributed by atoms with van der Waals surface area (Å²) in [7, 11) is 0. The summed E-state index contributed by atoms with van der Waals surface area (Å²) >= 11 is 0. The predicted octanol–water partition coefficient (Wildman–Crippen LogP) is 5.00. The molecule has 0 bridgehead atoms. The van der Waals surface area contributed by atoms with E-state index < -0.39 is 0 Å². The maximum atomic E-state index is 9.38. The Hall–Kier alpha value is -3.39. The van der Waals surface area contributed by atoms with E-state index in [9.17, 15) is 5.26 Å². The summed E-state index contributed by atoms with van der Waals surface area (Å²) in [5.74, 6) is 2.18. The molecule has 3 aromatic rings. The van der Waals surface area contributed by atoms with Gasteiger partial charge in [-0.05, 0) is 30.9 Å². The van der Waals surface area contributed by atoms with Crippen molar-refractivity contribution in [3.63, 3.8) is 0 Å². The smallest absolute Gasteiger partial charge is 0.227 e.